The minimum Gasteiger partial charge on any atom is -0.456 e. The van der Waals surface area contributed by atoms with Crippen LogP contribution in [0, 0.1) is 0 Å². The summed E-state index contributed by atoms with van der Waals surface area (Å²) in [6.45, 7) is 5.58. The molecule has 1 N–H and O–H groups in total. The molecule has 1 amide bonds. The van der Waals surface area contributed by atoms with E-state index in [1.54, 1.807) is 57.2 Å². The van der Waals surface area contributed by atoms with Crippen LogP contribution in [0.5, 0.6) is 0 Å². The summed E-state index contributed by atoms with van der Waals surface area (Å²) in [7, 11) is -3.94. The number of nitrogens with zero attached hydrogens (tertiary/aromatic N) is 1. The summed E-state index contributed by atoms with van der Waals surface area (Å²) in [6, 6.07) is 25.6. The van der Waals surface area contributed by atoms with E-state index in [1.165, 1.54) is 28.6 Å². The van der Waals surface area contributed by atoms with Crippen molar-refractivity contribution >= 4 is 44.9 Å². The van der Waals surface area contributed by atoms with E-state index in [-0.39, 0.29) is 28.3 Å². The molecule has 0 saturated carbocycles. The normalized spacial score (nSPS) is 13.0. The Morgan fingerprint density at radius 2 is 1.63 bits per heavy atom. The van der Waals surface area contributed by atoms with Gasteiger partial charge in [-0.05, 0) is 92.4 Å². The van der Waals surface area contributed by atoms with Crippen molar-refractivity contribution in [2.45, 2.75) is 37.7 Å². The average Bonchev–Trinajstić information content (AvgIpc) is 3.37. The third-order valence-corrected chi connectivity index (χ3v) is 8.62. The van der Waals surface area contributed by atoms with Gasteiger partial charge in [-0.3, -0.25) is 9.10 Å². The molecule has 4 aromatic carbocycles. The second-order valence-corrected chi connectivity index (χ2v) is 13.0. The number of anilines is 2. The summed E-state index contributed by atoms with van der Waals surface area (Å²) >= 11 is 6.08. The smallest absolute Gasteiger partial charge is 0.340 e. The molecule has 0 saturated heterocycles. The van der Waals surface area contributed by atoms with Crippen LogP contribution in [0.4, 0.5) is 11.4 Å². The van der Waals surface area contributed by atoms with Crippen LogP contribution < -0.4 is 9.62 Å². The van der Waals surface area contributed by atoms with Crippen LogP contribution in [0.25, 0.3) is 11.1 Å². The first-order valence-electron chi connectivity index (χ1n) is 13.1. The first-order chi connectivity index (χ1) is 19.4. The fraction of sp³-hybridized carbons (Fsp3) is 0.188. The molecule has 5 rings (SSSR count). The number of carbonyl (C=O) groups is 2. The Kier molecular flexibility index (Phi) is 7.64. The number of amides is 1. The number of esters is 1. The number of carbonyl (C=O) groups excluding carboxylic acids is 2. The fourth-order valence-corrected chi connectivity index (χ4v) is 6.42. The summed E-state index contributed by atoms with van der Waals surface area (Å²) in [5, 5.41) is 3.32. The highest BCUT2D eigenvalue weighted by Crippen LogP contribution is 2.35. The molecule has 0 unspecified atom stereocenters. The largest absolute Gasteiger partial charge is 0.456 e. The van der Waals surface area contributed by atoms with Gasteiger partial charge in [0, 0.05) is 17.1 Å². The molecule has 0 spiro atoms. The number of halogens is 1. The average molecular weight is 589 g/mol. The lowest BCUT2D eigenvalue weighted by Gasteiger charge is -2.21. The summed E-state index contributed by atoms with van der Waals surface area (Å²) in [5.74, 6) is -1.15. The highest BCUT2D eigenvalue weighted by Gasteiger charge is 2.31. The van der Waals surface area contributed by atoms with Crippen molar-refractivity contribution in [2.24, 2.45) is 0 Å². The van der Waals surface area contributed by atoms with Crippen LogP contribution in [0.2, 0.25) is 5.02 Å². The number of rotatable bonds is 6. The van der Waals surface area contributed by atoms with E-state index in [0.717, 1.165) is 16.7 Å². The van der Waals surface area contributed by atoms with E-state index in [0.29, 0.717) is 17.1 Å². The molecule has 0 atom stereocenters. The zero-order valence-electron chi connectivity index (χ0n) is 22.8. The minimum atomic E-state index is -3.94. The van der Waals surface area contributed by atoms with E-state index >= 15 is 0 Å². The molecule has 0 radical (unpaired) electrons. The molecule has 1 heterocycles. The van der Waals surface area contributed by atoms with Crippen LogP contribution >= 0.6 is 11.6 Å². The number of benzene rings is 4. The van der Waals surface area contributed by atoms with Crippen molar-refractivity contribution in [3.05, 3.63) is 113 Å². The van der Waals surface area contributed by atoms with Gasteiger partial charge >= 0.3 is 5.97 Å². The highest BCUT2D eigenvalue weighted by molar-refractivity contribution is 7.92. The standard InChI is InChI=1S/C32H29ClN2O5S/c1-32(2,3)40-31(37)27-20-22(21-8-5-4-6-9-21)12-14-28(27)34-30(36)24-10-7-11-26(19-24)41(38,39)35-17-16-23-18-25(33)13-15-29(23)35/h4-15,18-20H,16-17H2,1-3H3,(H,34,36). The topological polar surface area (TPSA) is 92.8 Å². The number of ether oxygens (including phenoxy) is 1. The second-order valence-electron chi connectivity index (χ2n) is 10.7. The molecule has 1 aliphatic rings. The van der Waals surface area contributed by atoms with Gasteiger partial charge in [-0.25, -0.2) is 13.2 Å². The Morgan fingerprint density at radius 1 is 0.878 bits per heavy atom. The van der Waals surface area contributed by atoms with Crippen LogP contribution in [0.1, 0.15) is 47.1 Å². The molecule has 210 valence electrons. The summed E-state index contributed by atoms with van der Waals surface area (Å²) in [5.41, 5.74) is 2.93. The summed E-state index contributed by atoms with van der Waals surface area (Å²) in [6.07, 6.45) is 0.543. The number of sulfonamides is 1. The number of nitrogens with one attached hydrogen (secondary N) is 1. The number of hydrogen-bond acceptors (Lipinski definition) is 5. The number of fused-ring (bicyclic) bond motifs is 1. The van der Waals surface area contributed by atoms with E-state index in [1.807, 2.05) is 30.3 Å². The zero-order chi connectivity index (χ0) is 29.4. The molecule has 4 aromatic rings. The van der Waals surface area contributed by atoms with Gasteiger partial charge in [0.2, 0.25) is 0 Å². The maximum absolute atomic E-state index is 13.6. The lowest BCUT2D eigenvalue weighted by Crippen LogP contribution is -2.29. The van der Waals surface area contributed by atoms with Gasteiger partial charge in [-0.1, -0.05) is 54.1 Å². The highest BCUT2D eigenvalue weighted by atomic mass is 35.5. The monoisotopic (exact) mass is 588 g/mol. The number of hydrogen-bond donors (Lipinski definition) is 1. The van der Waals surface area contributed by atoms with Crippen LogP contribution in [0.3, 0.4) is 0 Å². The fourth-order valence-electron chi connectivity index (χ4n) is 4.67. The van der Waals surface area contributed by atoms with E-state index in [2.05, 4.69) is 5.32 Å². The van der Waals surface area contributed by atoms with Crippen molar-refractivity contribution < 1.29 is 22.7 Å². The molecule has 0 aromatic heterocycles. The van der Waals surface area contributed by atoms with E-state index in [9.17, 15) is 18.0 Å². The van der Waals surface area contributed by atoms with Gasteiger partial charge in [-0.15, -0.1) is 0 Å². The first kappa shape index (κ1) is 28.4. The van der Waals surface area contributed by atoms with Crippen molar-refractivity contribution in [2.75, 3.05) is 16.2 Å². The summed E-state index contributed by atoms with van der Waals surface area (Å²) in [4.78, 5) is 26.5. The quantitative estimate of drug-likeness (QED) is 0.246. The maximum atomic E-state index is 13.6. The van der Waals surface area contributed by atoms with Gasteiger partial charge in [-0.2, -0.15) is 0 Å². The molecule has 0 fully saturated rings. The Morgan fingerprint density at radius 3 is 2.37 bits per heavy atom. The first-order valence-corrected chi connectivity index (χ1v) is 14.9. The van der Waals surface area contributed by atoms with Crippen molar-refractivity contribution in [1.82, 2.24) is 0 Å². The zero-order valence-corrected chi connectivity index (χ0v) is 24.4. The van der Waals surface area contributed by atoms with Gasteiger partial charge in [0.05, 0.1) is 21.8 Å². The lowest BCUT2D eigenvalue weighted by molar-refractivity contribution is 0.00707. The molecule has 0 aliphatic carbocycles. The Bertz CT molecular complexity index is 1750. The molecular weight excluding hydrogens is 560 g/mol. The predicted molar refractivity (Wildman–Crippen MR) is 161 cm³/mol. The molecule has 0 bridgehead atoms. The van der Waals surface area contributed by atoms with Crippen LogP contribution in [-0.4, -0.2) is 32.4 Å². The molecule has 1 aliphatic heterocycles. The Labute approximate surface area is 244 Å². The SMILES string of the molecule is CC(C)(C)OC(=O)c1cc(-c2ccccc2)ccc1NC(=O)c1cccc(S(=O)(=O)N2CCc3cc(Cl)ccc32)c1. The van der Waals surface area contributed by atoms with Crippen molar-refractivity contribution in [1.29, 1.82) is 0 Å². The van der Waals surface area contributed by atoms with Crippen molar-refractivity contribution in [3.63, 3.8) is 0 Å². The van der Waals surface area contributed by atoms with Crippen LogP contribution in [0.15, 0.2) is 95.9 Å². The van der Waals surface area contributed by atoms with E-state index in [4.69, 9.17) is 16.3 Å². The molecule has 7 nitrogen and oxygen atoms in total. The maximum Gasteiger partial charge on any atom is 0.340 e. The lowest BCUT2D eigenvalue weighted by atomic mass is 10.0. The van der Waals surface area contributed by atoms with Gasteiger partial charge in [0.15, 0.2) is 0 Å². The predicted octanol–water partition coefficient (Wildman–Crippen LogP) is 6.97. The molecular formula is C32H29ClN2O5S. The second kappa shape index (κ2) is 11.0. The molecule has 41 heavy (non-hydrogen) atoms. The van der Waals surface area contributed by atoms with Gasteiger partial charge in [0.25, 0.3) is 15.9 Å². The third kappa shape index (κ3) is 6.14. The van der Waals surface area contributed by atoms with E-state index < -0.39 is 27.5 Å². The minimum absolute atomic E-state index is 0.0141. The van der Waals surface area contributed by atoms with Crippen LogP contribution in [-0.2, 0) is 21.2 Å². The molecule has 9 heteroatoms. The van der Waals surface area contributed by atoms with Gasteiger partial charge in [0.1, 0.15) is 5.60 Å². The summed E-state index contributed by atoms with van der Waals surface area (Å²) < 4.78 is 34.1. The van der Waals surface area contributed by atoms with Gasteiger partial charge < -0.3 is 10.1 Å². The third-order valence-electron chi connectivity index (χ3n) is 6.57. The van der Waals surface area contributed by atoms with Crippen molar-refractivity contribution in [3.8, 4) is 11.1 Å². The Hall–Kier alpha value is -4.14. The Balaban J connectivity index is 1.45.